The highest BCUT2D eigenvalue weighted by atomic mass is 35.5. The maximum absolute atomic E-state index is 14.4. The number of halogens is 2. The zero-order valence-corrected chi connectivity index (χ0v) is 17.9. The third-order valence-corrected chi connectivity index (χ3v) is 5.99. The number of nitrogens with one attached hydrogen (secondary N) is 2. The highest BCUT2D eigenvalue weighted by molar-refractivity contribution is 6.32. The molecule has 0 spiro atoms. The summed E-state index contributed by atoms with van der Waals surface area (Å²) in [5, 5.41) is 9.54. The summed E-state index contributed by atoms with van der Waals surface area (Å²) in [6, 6.07) is 14.0. The second-order valence-electron chi connectivity index (χ2n) is 7.77. The molecule has 1 saturated heterocycles. The van der Waals surface area contributed by atoms with Gasteiger partial charge in [0.1, 0.15) is 11.9 Å². The van der Waals surface area contributed by atoms with E-state index in [1.807, 2.05) is 6.07 Å². The molecule has 164 valence electrons. The van der Waals surface area contributed by atoms with Gasteiger partial charge >= 0.3 is 5.69 Å². The summed E-state index contributed by atoms with van der Waals surface area (Å²) in [6.07, 6.45) is 2.24. The molecule has 32 heavy (non-hydrogen) atoms. The maximum Gasteiger partial charge on any atom is 0.325 e. The Bertz CT molecular complexity index is 1280. The molecule has 0 bridgehead atoms. The minimum atomic E-state index is -0.535. The Morgan fingerprint density at radius 2 is 2.03 bits per heavy atom. The first kappa shape index (κ1) is 21.8. The van der Waals surface area contributed by atoms with Gasteiger partial charge in [0, 0.05) is 55.2 Å². The van der Waals surface area contributed by atoms with Gasteiger partial charge < -0.3 is 9.88 Å². The molecule has 4 rings (SSSR count). The number of anilines is 1. The van der Waals surface area contributed by atoms with Crippen molar-refractivity contribution in [3.63, 3.8) is 0 Å². The Labute approximate surface area is 188 Å². The predicted octanol–water partition coefficient (Wildman–Crippen LogP) is 3.01. The molecular weight excluding hydrogens is 433 g/mol. The summed E-state index contributed by atoms with van der Waals surface area (Å²) >= 11 is 6.28. The first-order valence-corrected chi connectivity index (χ1v) is 10.6. The van der Waals surface area contributed by atoms with Crippen molar-refractivity contribution in [2.75, 3.05) is 18.0 Å². The zero-order chi connectivity index (χ0) is 22.7. The van der Waals surface area contributed by atoms with E-state index in [-0.39, 0.29) is 11.9 Å². The summed E-state index contributed by atoms with van der Waals surface area (Å²) in [5.74, 6) is -0.285. The van der Waals surface area contributed by atoms with Crippen LogP contribution in [0.4, 0.5) is 10.1 Å². The van der Waals surface area contributed by atoms with Crippen LogP contribution >= 0.6 is 11.6 Å². The lowest BCUT2D eigenvalue weighted by atomic mass is 10.1. The van der Waals surface area contributed by atoms with Crippen LogP contribution in [0.2, 0.25) is 5.02 Å². The molecule has 2 aromatic carbocycles. The van der Waals surface area contributed by atoms with Crippen LogP contribution in [-0.4, -0.2) is 34.0 Å². The fraction of sp³-hybridized carbons (Fsp3) is 0.261. The number of H-pyrrole nitrogens is 2. The number of hydrogen-bond donors (Lipinski definition) is 2. The lowest BCUT2D eigenvalue weighted by Crippen LogP contribution is -2.38. The van der Waals surface area contributed by atoms with Gasteiger partial charge in [-0.1, -0.05) is 29.8 Å². The van der Waals surface area contributed by atoms with Gasteiger partial charge in [0.2, 0.25) is 0 Å². The van der Waals surface area contributed by atoms with Gasteiger partial charge in [-0.25, -0.2) is 9.18 Å². The number of nitrogens with zero attached hydrogens (tertiary/aromatic N) is 3. The van der Waals surface area contributed by atoms with Gasteiger partial charge in [-0.15, -0.1) is 0 Å². The lowest BCUT2D eigenvalue weighted by molar-refractivity contribution is 0.322. The van der Waals surface area contributed by atoms with Gasteiger partial charge in [-0.2, -0.15) is 5.26 Å². The fourth-order valence-electron chi connectivity index (χ4n) is 4.02. The first-order valence-electron chi connectivity index (χ1n) is 10.2. The molecule has 1 aliphatic heterocycles. The molecule has 1 aliphatic rings. The largest absolute Gasteiger partial charge is 0.363 e. The molecule has 1 aromatic heterocycles. The molecule has 2 heterocycles. The van der Waals surface area contributed by atoms with Crippen molar-refractivity contribution >= 4 is 17.3 Å². The lowest BCUT2D eigenvalue weighted by Gasteiger charge is -2.32. The maximum atomic E-state index is 14.4. The quantitative estimate of drug-likeness (QED) is 0.598. The normalized spacial score (nSPS) is 16.1. The van der Waals surface area contributed by atoms with Gasteiger partial charge in [-0.3, -0.25) is 14.7 Å². The fourth-order valence-corrected chi connectivity index (χ4v) is 4.24. The van der Waals surface area contributed by atoms with Crippen LogP contribution in [0.15, 0.2) is 58.3 Å². The molecule has 0 aliphatic carbocycles. The molecule has 0 amide bonds. The summed E-state index contributed by atoms with van der Waals surface area (Å²) in [7, 11) is 0. The Morgan fingerprint density at radius 3 is 2.75 bits per heavy atom. The Hall–Kier alpha value is -3.41. The molecule has 2 N–H and O–H groups in total. The van der Waals surface area contributed by atoms with E-state index in [0.29, 0.717) is 41.3 Å². The van der Waals surface area contributed by atoms with Crippen molar-refractivity contribution < 1.29 is 4.39 Å². The molecule has 1 fully saturated rings. The number of hydrogen-bond acceptors (Lipinski definition) is 5. The Kier molecular flexibility index (Phi) is 6.40. The van der Waals surface area contributed by atoms with Crippen LogP contribution in [-0.2, 0) is 13.1 Å². The second kappa shape index (κ2) is 9.39. The Morgan fingerprint density at radius 1 is 1.22 bits per heavy atom. The standard InChI is InChI=1S/C23H21ClFN5O2/c24-20-9-18(6-5-15(20)10-26)30(13-16-3-1-2-4-21(16)25)19-7-8-29(14-19)12-17-11-27-23(32)28-22(17)31/h1-6,9,11,19H,7-8,12-14H2,(H2,27,28,31,32)/t19-/m0/s1. The molecule has 3 aromatic rings. The third kappa shape index (κ3) is 4.74. The summed E-state index contributed by atoms with van der Waals surface area (Å²) in [5.41, 5.74) is 1.28. The topological polar surface area (TPSA) is 96.0 Å². The van der Waals surface area contributed by atoms with E-state index in [1.54, 1.807) is 30.3 Å². The van der Waals surface area contributed by atoms with E-state index < -0.39 is 11.2 Å². The van der Waals surface area contributed by atoms with Crippen LogP contribution in [0.3, 0.4) is 0 Å². The summed E-state index contributed by atoms with van der Waals surface area (Å²) in [4.78, 5) is 32.3. The highest BCUT2D eigenvalue weighted by Crippen LogP contribution is 2.30. The molecule has 7 nitrogen and oxygen atoms in total. The highest BCUT2D eigenvalue weighted by Gasteiger charge is 2.29. The molecule has 1 atom stereocenters. The van der Waals surface area contributed by atoms with Crippen molar-refractivity contribution in [2.45, 2.75) is 25.6 Å². The number of rotatable bonds is 6. The number of aromatic amines is 2. The average molecular weight is 454 g/mol. The van der Waals surface area contributed by atoms with Crippen LogP contribution in [0.5, 0.6) is 0 Å². The average Bonchev–Trinajstić information content (AvgIpc) is 3.23. The molecular formula is C23H21ClFN5O2. The molecule has 0 radical (unpaired) electrons. The van der Waals surface area contributed by atoms with Crippen LogP contribution in [0.25, 0.3) is 0 Å². The second-order valence-corrected chi connectivity index (χ2v) is 8.18. The Balaban J connectivity index is 1.59. The summed E-state index contributed by atoms with van der Waals surface area (Å²) in [6.45, 7) is 2.11. The van der Waals surface area contributed by atoms with Gasteiger partial charge in [0.25, 0.3) is 5.56 Å². The van der Waals surface area contributed by atoms with E-state index in [4.69, 9.17) is 11.6 Å². The number of benzene rings is 2. The minimum absolute atomic E-state index is 0.0421. The van der Waals surface area contributed by atoms with Crippen molar-refractivity contribution in [3.8, 4) is 6.07 Å². The number of aromatic nitrogens is 2. The van der Waals surface area contributed by atoms with Crippen molar-refractivity contribution in [2.24, 2.45) is 0 Å². The first-order chi connectivity index (χ1) is 15.4. The van der Waals surface area contributed by atoms with Crippen molar-refractivity contribution in [1.29, 1.82) is 5.26 Å². The van der Waals surface area contributed by atoms with E-state index in [2.05, 4.69) is 25.8 Å². The number of likely N-dealkylation sites (tertiary alicyclic amines) is 1. The van der Waals surface area contributed by atoms with Crippen LogP contribution in [0, 0.1) is 17.1 Å². The smallest absolute Gasteiger partial charge is 0.325 e. The third-order valence-electron chi connectivity index (χ3n) is 5.68. The van der Waals surface area contributed by atoms with Gasteiger partial charge in [-0.05, 0) is 30.7 Å². The molecule has 9 heteroatoms. The zero-order valence-electron chi connectivity index (χ0n) is 17.1. The van der Waals surface area contributed by atoms with Crippen LogP contribution < -0.4 is 16.1 Å². The van der Waals surface area contributed by atoms with Crippen LogP contribution in [0.1, 0.15) is 23.1 Å². The van der Waals surface area contributed by atoms with Crippen molar-refractivity contribution in [3.05, 3.63) is 97.0 Å². The monoisotopic (exact) mass is 453 g/mol. The molecule has 0 unspecified atom stereocenters. The van der Waals surface area contributed by atoms with Gasteiger partial charge in [0.05, 0.1) is 10.6 Å². The van der Waals surface area contributed by atoms with E-state index in [1.165, 1.54) is 12.3 Å². The van der Waals surface area contributed by atoms with Gasteiger partial charge in [0.15, 0.2) is 0 Å². The van der Waals surface area contributed by atoms with E-state index >= 15 is 0 Å². The minimum Gasteiger partial charge on any atom is -0.363 e. The van der Waals surface area contributed by atoms with Crippen molar-refractivity contribution in [1.82, 2.24) is 14.9 Å². The summed E-state index contributed by atoms with van der Waals surface area (Å²) < 4.78 is 14.4. The van der Waals surface area contributed by atoms with E-state index in [0.717, 1.165) is 18.7 Å². The predicted molar refractivity (Wildman–Crippen MR) is 120 cm³/mol. The SMILES string of the molecule is N#Cc1ccc(N(Cc2ccccc2F)[C@H]2CCN(Cc3c[nH]c(=O)[nH]c3=O)C2)cc1Cl. The molecule has 0 saturated carbocycles. The number of nitriles is 1. The van der Waals surface area contributed by atoms with E-state index in [9.17, 15) is 19.2 Å².